The molecule has 0 spiro atoms. The van der Waals surface area contributed by atoms with Gasteiger partial charge in [-0.15, -0.1) is 0 Å². The van der Waals surface area contributed by atoms with Crippen molar-refractivity contribution in [3.05, 3.63) is 23.8 Å². The molecule has 0 bridgehead atoms. The normalized spacial score (nSPS) is 22.5. The molecule has 3 amide bonds. The molecule has 0 unspecified atom stereocenters. The second kappa shape index (κ2) is 11.5. The van der Waals surface area contributed by atoms with E-state index in [0.717, 1.165) is 19.4 Å². The predicted octanol–water partition coefficient (Wildman–Crippen LogP) is 1.87. The van der Waals surface area contributed by atoms with Gasteiger partial charge in [-0.2, -0.15) is 0 Å². The van der Waals surface area contributed by atoms with Crippen LogP contribution in [-0.2, 0) is 14.3 Å². The number of anilines is 1. The van der Waals surface area contributed by atoms with Gasteiger partial charge in [0.25, 0.3) is 5.91 Å². The average molecular weight is 461 g/mol. The van der Waals surface area contributed by atoms with Gasteiger partial charge in [0.05, 0.1) is 24.1 Å². The summed E-state index contributed by atoms with van der Waals surface area (Å²) in [5, 5.41) is 5.75. The van der Waals surface area contributed by atoms with Crippen molar-refractivity contribution in [3.63, 3.8) is 0 Å². The smallest absolute Gasteiger partial charge is 0.257 e. The van der Waals surface area contributed by atoms with Crippen molar-refractivity contribution in [1.29, 1.82) is 0 Å². The predicted molar refractivity (Wildman–Crippen MR) is 125 cm³/mol. The fourth-order valence-electron chi connectivity index (χ4n) is 4.26. The Morgan fingerprint density at radius 3 is 2.73 bits per heavy atom. The molecule has 0 radical (unpaired) electrons. The van der Waals surface area contributed by atoms with Crippen molar-refractivity contribution in [2.45, 2.75) is 57.3 Å². The Bertz CT molecular complexity index is 859. The molecule has 2 N–H and O–H groups in total. The van der Waals surface area contributed by atoms with Crippen molar-refractivity contribution in [1.82, 2.24) is 15.1 Å². The second-order valence-electron chi connectivity index (χ2n) is 8.99. The Balaban J connectivity index is 1.62. The van der Waals surface area contributed by atoms with Gasteiger partial charge in [-0.1, -0.05) is 6.92 Å². The van der Waals surface area contributed by atoms with Gasteiger partial charge < -0.3 is 29.9 Å². The highest BCUT2D eigenvalue weighted by molar-refractivity contribution is 5.99. The summed E-state index contributed by atoms with van der Waals surface area (Å²) < 4.78 is 12.2. The summed E-state index contributed by atoms with van der Waals surface area (Å²) in [6.07, 6.45) is 2.49. The van der Waals surface area contributed by atoms with E-state index in [-0.39, 0.29) is 42.6 Å². The molecule has 2 heterocycles. The number of likely N-dealkylation sites (N-methyl/N-ethyl adjacent to an activating group) is 1. The van der Waals surface area contributed by atoms with E-state index in [1.165, 1.54) is 0 Å². The molecule has 0 aliphatic carbocycles. The second-order valence-corrected chi connectivity index (χ2v) is 8.99. The third kappa shape index (κ3) is 6.68. The lowest BCUT2D eigenvalue weighted by Crippen LogP contribution is -2.54. The van der Waals surface area contributed by atoms with Gasteiger partial charge in [-0.3, -0.25) is 14.4 Å². The number of carbonyl (C=O) groups is 3. The quantitative estimate of drug-likeness (QED) is 0.575. The van der Waals surface area contributed by atoms with E-state index in [4.69, 9.17) is 9.47 Å². The van der Waals surface area contributed by atoms with E-state index in [1.54, 1.807) is 37.1 Å². The summed E-state index contributed by atoms with van der Waals surface area (Å²) in [4.78, 5) is 41.1. The molecule has 182 valence electrons. The summed E-state index contributed by atoms with van der Waals surface area (Å²) in [6.45, 7) is 3.64. The SMILES string of the molecule is CCC(=O)Nc1ccc2c(c1)C(=O)N(C)[C@@H]1CC[C@H](CC(=O)NCCCN(C)C)O[C@H]1CO2. The molecule has 1 aromatic rings. The van der Waals surface area contributed by atoms with E-state index >= 15 is 0 Å². The van der Waals surface area contributed by atoms with Crippen LogP contribution in [0.4, 0.5) is 5.69 Å². The van der Waals surface area contributed by atoms with Crippen molar-refractivity contribution in [2.24, 2.45) is 0 Å². The zero-order valence-corrected chi connectivity index (χ0v) is 20.1. The number of rotatable bonds is 8. The third-order valence-corrected chi connectivity index (χ3v) is 6.13. The molecule has 3 atom stereocenters. The summed E-state index contributed by atoms with van der Waals surface area (Å²) in [6, 6.07) is 4.95. The van der Waals surface area contributed by atoms with Gasteiger partial charge in [0.2, 0.25) is 11.8 Å². The maximum absolute atomic E-state index is 13.2. The number of hydrogen-bond acceptors (Lipinski definition) is 6. The molecule has 1 saturated heterocycles. The van der Waals surface area contributed by atoms with Crippen LogP contribution in [0.3, 0.4) is 0 Å². The van der Waals surface area contributed by atoms with Crippen molar-refractivity contribution in [2.75, 3.05) is 46.2 Å². The van der Waals surface area contributed by atoms with Crippen LogP contribution in [0.25, 0.3) is 0 Å². The summed E-state index contributed by atoms with van der Waals surface area (Å²) in [7, 11) is 5.79. The average Bonchev–Trinajstić information content (AvgIpc) is 2.79. The number of carbonyl (C=O) groups excluding carboxylic acids is 3. The minimum absolute atomic E-state index is 0.0135. The van der Waals surface area contributed by atoms with Gasteiger partial charge in [0, 0.05) is 25.7 Å². The van der Waals surface area contributed by atoms with Gasteiger partial charge >= 0.3 is 0 Å². The van der Waals surface area contributed by atoms with Crippen LogP contribution in [-0.4, -0.2) is 86.6 Å². The molecule has 1 fully saturated rings. The Labute approximate surface area is 195 Å². The number of nitrogens with one attached hydrogen (secondary N) is 2. The topological polar surface area (TPSA) is 100 Å². The summed E-state index contributed by atoms with van der Waals surface area (Å²) in [5.74, 6) is 0.161. The lowest BCUT2D eigenvalue weighted by molar-refractivity contribution is -0.134. The number of ether oxygens (including phenoxy) is 2. The Hall–Kier alpha value is -2.65. The van der Waals surface area contributed by atoms with Gasteiger partial charge in [-0.25, -0.2) is 0 Å². The molecule has 2 aliphatic rings. The molecule has 3 rings (SSSR count). The number of hydrogen-bond donors (Lipinski definition) is 2. The first-order valence-corrected chi connectivity index (χ1v) is 11.7. The Kier molecular flexibility index (Phi) is 8.68. The molecule has 9 nitrogen and oxygen atoms in total. The monoisotopic (exact) mass is 460 g/mol. The van der Waals surface area contributed by atoms with E-state index in [2.05, 4.69) is 15.5 Å². The fraction of sp³-hybridized carbons (Fsp3) is 0.625. The number of benzene rings is 1. The maximum atomic E-state index is 13.2. The molecule has 0 saturated carbocycles. The molecular weight excluding hydrogens is 424 g/mol. The van der Waals surface area contributed by atoms with Crippen LogP contribution in [0.5, 0.6) is 5.75 Å². The van der Waals surface area contributed by atoms with Crippen LogP contribution in [0.15, 0.2) is 18.2 Å². The van der Waals surface area contributed by atoms with E-state index < -0.39 is 0 Å². The minimum atomic E-state index is -0.313. The maximum Gasteiger partial charge on any atom is 0.257 e. The number of nitrogens with zero attached hydrogens (tertiary/aromatic N) is 2. The largest absolute Gasteiger partial charge is 0.490 e. The lowest BCUT2D eigenvalue weighted by Gasteiger charge is -2.42. The van der Waals surface area contributed by atoms with Gasteiger partial charge in [0.1, 0.15) is 18.5 Å². The summed E-state index contributed by atoms with van der Waals surface area (Å²) in [5.41, 5.74) is 0.990. The Morgan fingerprint density at radius 2 is 2.00 bits per heavy atom. The van der Waals surface area contributed by atoms with Crippen molar-refractivity contribution in [3.8, 4) is 5.75 Å². The van der Waals surface area contributed by atoms with E-state index in [1.807, 2.05) is 14.1 Å². The fourth-order valence-corrected chi connectivity index (χ4v) is 4.26. The van der Waals surface area contributed by atoms with Crippen molar-refractivity contribution >= 4 is 23.4 Å². The first kappa shape index (κ1) is 25.0. The first-order valence-electron chi connectivity index (χ1n) is 11.7. The lowest BCUT2D eigenvalue weighted by atomic mass is 9.94. The highest BCUT2D eigenvalue weighted by atomic mass is 16.5. The van der Waals surface area contributed by atoms with Crippen LogP contribution >= 0.6 is 0 Å². The highest BCUT2D eigenvalue weighted by Crippen LogP contribution is 2.32. The molecular formula is C24H36N4O5. The molecule has 1 aromatic carbocycles. The molecule has 0 aromatic heterocycles. The van der Waals surface area contributed by atoms with Crippen LogP contribution in [0.1, 0.15) is 49.4 Å². The number of amides is 3. The minimum Gasteiger partial charge on any atom is -0.490 e. The van der Waals surface area contributed by atoms with Gasteiger partial charge in [-0.05, 0) is 58.1 Å². The zero-order valence-electron chi connectivity index (χ0n) is 20.1. The van der Waals surface area contributed by atoms with E-state index in [9.17, 15) is 14.4 Å². The zero-order chi connectivity index (χ0) is 24.0. The van der Waals surface area contributed by atoms with Gasteiger partial charge in [0.15, 0.2) is 0 Å². The standard InChI is InChI=1S/C24H36N4O5/c1-5-22(29)26-16-7-10-20-18(13-16)24(31)28(4)19-9-8-17(33-21(19)15-32-20)14-23(30)25-11-6-12-27(2)3/h7,10,13,17,19,21H,5-6,8-9,11-12,14-15H2,1-4H3,(H,25,30)(H,26,29)/t17-,19-,21+/m1/s1. The number of fused-ring (bicyclic) bond motifs is 2. The molecule has 2 aliphatic heterocycles. The first-order chi connectivity index (χ1) is 15.8. The van der Waals surface area contributed by atoms with E-state index in [0.29, 0.717) is 42.8 Å². The highest BCUT2D eigenvalue weighted by Gasteiger charge is 2.39. The molecule has 9 heteroatoms. The van der Waals surface area contributed by atoms with Crippen LogP contribution < -0.4 is 15.4 Å². The third-order valence-electron chi connectivity index (χ3n) is 6.13. The molecule has 33 heavy (non-hydrogen) atoms. The van der Waals surface area contributed by atoms with Crippen LogP contribution in [0.2, 0.25) is 0 Å². The van der Waals surface area contributed by atoms with Crippen molar-refractivity contribution < 1.29 is 23.9 Å². The van der Waals surface area contributed by atoms with Crippen LogP contribution in [0, 0.1) is 0 Å². The Morgan fingerprint density at radius 1 is 1.21 bits per heavy atom. The summed E-state index contributed by atoms with van der Waals surface area (Å²) >= 11 is 0.